The summed E-state index contributed by atoms with van der Waals surface area (Å²) >= 11 is 0. The number of allylic oxidation sites excluding steroid dienone is 2. The number of hydrogen-bond donors (Lipinski definition) is 0. The van der Waals surface area contributed by atoms with Crippen molar-refractivity contribution in [3.05, 3.63) is 104 Å². The van der Waals surface area contributed by atoms with Crippen LogP contribution in [0.25, 0.3) is 23.0 Å². The van der Waals surface area contributed by atoms with E-state index in [1.165, 1.54) is 78.2 Å². The predicted octanol–water partition coefficient (Wildman–Crippen LogP) is 2.85. The standard InChI is InChI=1S/C26H23N9O8/c1-31(2)15-16(24-23(26(37)43-4)28-30-33(24)18-8-12-20(13-9-18)35(40)41)5-14-21-22(25(36)42-3)27-29-32(21)17-6-10-19(11-7-17)34(38)39/h5-15H,1-4H3/b14-5+,16-15+. The molecule has 4 aromatic rings. The number of nitrogens with zero attached hydrogens (tertiary/aromatic N) is 9. The van der Waals surface area contributed by atoms with Gasteiger partial charge in [0.05, 0.1) is 35.4 Å². The summed E-state index contributed by atoms with van der Waals surface area (Å²) in [6.45, 7) is 0. The van der Waals surface area contributed by atoms with Crippen molar-refractivity contribution in [2.24, 2.45) is 0 Å². The molecule has 17 heteroatoms. The van der Waals surface area contributed by atoms with Gasteiger partial charge in [0.25, 0.3) is 11.4 Å². The van der Waals surface area contributed by atoms with E-state index in [9.17, 15) is 29.8 Å². The number of hydrogen-bond acceptors (Lipinski definition) is 13. The Morgan fingerprint density at radius 2 is 1.26 bits per heavy atom. The van der Waals surface area contributed by atoms with Crippen LogP contribution in [-0.2, 0) is 9.47 Å². The summed E-state index contributed by atoms with van der Waals surface area (Å²) in [5.74, 6) is -1.59. The van der Waals surface area contributed by atoms with Gasteiger partial charge < -0.3 is 14.4 Å². The number of methoxy groups -OCH3 is 2. The molecule has 220 valence electrons. The minimum absolute atomic E-state index is 0.146. The number of rotatable bonds is 10. The van der Waals surface area contributed by atoms with Crippen LogP contribution < -0.4 is 0 Å². The van der Waals surface area contributed by atoms with Crippen molar-refractivity contribution < 1.29 is 28.9 Å². The first-order chi connectivity index (χ1) is 20.5. The fourth-order valence-corrected chi connectivity index (χ4v) is 3.89. The zero-order valence-electron chi connectivity index (χ0n) is 23.1. The van der Waals surface area contributed by atoms with Crippen molar-refractivity contribution in [1.29, 1.82) is 0 Å². The van der Waals surface area contributed by atoms with Gasteiger partial charge in [0.1, 0.15) is 11.4 Å². The van der Waals surface area contributed by atoms with Crippen LogP contribution in [0, 0.1) is 20.2 Å². The third kappa shape index (κ3) is 6.24. The van der Waals surface area contributed by atoms with Crippen LogP contribution in [0.4, 0.5) is 11.4 Å². The first-order valence-electron chi connectivity index (χ1n) is 12.2. The third-order valence-corrected chi connectivity index (χ3v) is 5.83. The zero-order valence-corrected chi connectivity index (χ0v) is 23.1. The molecule has 0 aliphatic carbocycles. The van der Waals surface area contributed by atoms with Gasteiger partial charge in [-0.1, -0.05) is 10.4 Å². The average Bonchev–Trinajstić information content (AvgIpc) is 3.63. The van der Waals surface area contributed by atoms with E-state index in [0.29, 0.717) is 16.9 Å². The predicted molar refractivity (Wildman–Crippen MR) is 149 cm³/mol. The third-order valence-electron chi connectivity index (χ3n) is 5.83. The molecule has 0 unspecified atom stereocenters. The maximum Gasteiger partial charge on any atom is 0.360 e. The molecule has 0 radical (unpaired) electrons. The Morgan fingerprint density at radius 1 is 0.791 bits per heavy atom. The first kappa shape index (κ1) is 29.7. The number of carbonyl (C=O) groups excluding carboxylic acids is 2. The molecule has 43 heavy (non-hydrogen) atoms. The second kappa shape index (κ2) is 12.5. The minimum Gasteiger partial charge on any atom is -0.464 e. The van der Waals surface area contributed by atoms with Gasteiger partial charge in [-0.25, -0.2) is 19.0 Å². The quantitative estimate of drug-likeness (QED) is 0.113. The molecule has 0 N–H and O–H groups in total. The number of nitro benzene ring substituents is 2. The SMILES string of the molecule is COC(=O)c1nnn(-c2ccc([N+](=O)[O-])cc2)c1/C=C/C(=C\N(C)C)c1c(C(=O)OC)nnn1-c1ccc([N+](=O)[O-])cc1. The Balaban J connectivity index is 1.90. The summed E-state index contributed by atoms with van der Waals surface area (Å²) < 4.78 is 12.4. The lowest BCUT2D eigenvalue weighted by atomic mass is 10.1. The molecule has 17 nitrogen and oxygen atoms in total. The van der Waals surface area contributed by atoms with Gasteiger partial charge in [-0.15, -0.1) is 10.2 Å². The molecule has 4 rings (SSSR count). The maximum atomic E-state index is 12.7. The normalized spacial score (nSPS) is 11.4. The number of benzene rings is 2. The fraction of sp³-hybridized carbons (Fsp3) is 0.154. The molecule has 0 atom stereocenters. The van der Waals surface area contributed by atoms with Crippen molar-refractivity contribution in [2.75, 3.05) is 28.3 Å². The molecule has 0 aliphatic rings. The maximum absolute atomic E-state index is 12.7. The number of esters is 2. The second-order valence-corrected chi connectivity index (χ2v) is 8.85. The number of carbonyl (C=O) groups is 2. The van der Waals surface area contributed by atoms with Crippen molar-refractivity contribution in [3.8, 4) is 11.4 Å². The van der Waals surface area contributed by atoms with Crippen molar-refractivity contribution in [2.45, 2.75) is 0 Å². The van der Waals surface area contributed by atoms with Gasteiger partial charge in [0, 0.05) is 50.1 Å². The van der Waals surface area contributed by atoms with Crippen LogP contribution in [-0.4, -0.2) is 85.0 Å². The van der Waals surface area contributed by atoms with E-state index in [0.717, 1.165) is 0 Å². The van der Waals surface area contributed by atoms with Crippen LogP contribution in [0.5, 0.6) is 0 Å². The van der Waals surface area contributed by atoms with Gasteiger partial charge in [-0.05, 0) is 36.4 Å². The highest BCUT2D eigenvalue weighted by Gasteiger charge is 2.25. The molecule has 2 aromatic heterocycles. The Bertz CT molecular complexity index is 1750. The monoisotopic (exact) mass is 589 g/mol. The molecule has 2 aromatic carbocycles. The summed E-state index contributed by atoms with van der Waals surface area (Å²) in [6.07, 6.45) is 4.67. The molecular formula is C26H23N9O8. The Hall–Kier alpha value is -6.26. The van der Waals surface area contributed by atoms with Gasteiger partial charge in [-0.2, -0.15) is 0 Å². The van der Waals surface area contributed by atoms with E-state index >= 15 is 0 Å². The average molecular weight is 590 g/mol. The van der Waals surface area contributed by atoms with Crippen LogP contribution >= 0.6 is 0 Å². The highest BCUT2D eigenvalue weighted by molar-refractivity contribution is 5.96. The van der Waals surface area contributed by atoms with Crippen LogP contribution in [0.15, 0.2) is 60.8 Å². The molecule has 0 spiro atoms. The smallest absolute Gasteiger partial charge is 0.360 e. The van der Waals surface area contributed by atoms with Gasteiger partial charge in [-0.3, -0.25) is 20.2 Å². The lowest BCUT2D eigenvalue weighted by Crippen LogP contribution is -2.10. The Morgan fingerprint density at radius 3 is 1.74 bits per heavy atom. The molecular weight excluding hydrogens is 566 g/mol. The second-order valence-electron chi connectivity index (χ2n) is 8.85. The van der Waals surface area contributed by atoms with Crippen LogP contribution in [0.2, 0.25) is 0 Å². The molecule has 0 saturated carbocycles. The van der Waals surface area contributed by atoms with Crippen molar-refractivity contribution in [3.63, 3.8) is 0 Å². The van der Waals surface area contributed by atoms with E-state index in [-0.39, 0.29) is 34.2 Å². The molecule has 0 amide bonds. The number of aromatic nitrogens is 6. The van der Waals surface area contributed by atoms with Crippen molar-refractivity contribution >= 4 is 35.0 Å². The summed E-state index contributed by atoms with van der Waals surface area (Å²) in [6, 6.07) is 10.9. The number of nitro groups is 2. The van der Waals surface area contributed by atoms with Gasteiger partial charge in [0.15, 0.2) is 11.4 Å². The topological polar surface area (TPSA) is 204 Å². The summed E-state index contributed by atoms with van der Waals surface area (Å²) in [7, 11) is 5.82. The molecule has 0 fully saturated rings. The van der Waals surface area contributed by atoms with Crippen LogP contribution in [0.3, 0.4) is 0 Å². The minimum atomic E-state index is -0.797. The van der Waals surface area contributed by atoms with E-state index < -0.39 is 21.8 Å². The molecule has 0 aliphatic heterocycles. The van der Waals surface area contributed by atoms with E-state index in [4.69, 9.17) is 9.47 Å². The molecule has 0 bridgehead atoms. The number of non-ortho nitro benzene ring substituents is 2. The fourth-order valence-electron chi connectivity index (χ4n) is 3.89. The largest absolute Gasteiger partial charge is 0.464 e. The van der Waals surface area contributed by atoms with Gasteiger partial charge in [0.2, 0.25) is 0 Å². The number of ether oxygens (including phenoxy) is 2. The highest BCUT2D eigenvalue weighted by atomic mass is 16.6. The lowest BCUT2D eigenvalue weighted by molar-refractivity contribution is -0.385. The van der Waals surface area contributed by atoms with E-state index in [2.05, 4.69) is 20.6 Å². The zero-order chi connectivity index (χ0) is 31.3. The van der Waals surface area contributed by atoms with Gasteiger partial charge >= 0.3 is 11.9 Å². The van der Waals surface area contributed by atoms with E-state index in [1.54, 1.807) is 31.3 Å². The Kier molecular flexibility index (Phi) is 8.64. The summed E-state index contributed by atoms with van der Waals surface area (Å²) in [5.41, 5.74) is 0.774. The molecule has 2 heterocycles. The van der Waals surface area contributed by atoms with E-state index in [1.807, 2.05) is 0 Å². The van der Waals surface area contributed by atoms with Crippen LogP contribution in [0.1, 0.15) is 32.4 Å². The summed E-state index contributed by atoms with van der Waals surface area (Å²) in [5, 5.41) is 38.3. The molecule has 0 saturated heterocycles. The highest BCUT2D eigenvalue weighted by Crippen LogP contribution is 2.27. The summed E-state index contributed by atoms with van der Waals surface area (Å²) in [4.78, 5) is 48.1. The first-order valence-corrected chi connectivity index (χ1v) is 12.2. The lowest BCUT2D eigenvalue weighted by Gasteiger charge is -2.12. The Labute approximate surface area is 242 Å². The van der Waals surface area contributed by atoms with Crippen molar-refractivity contribution in [1.82, 2.24) is 34.9 Å².